The van der Waals surface area contributed by atoms with Crippen LogP contribution in [0.4, 0.5) is 0 Å². The minimum Gasteiger partial charge on any atom is -0.456 e. The Hall–Kier alpha value is -1.46. The normalized spacial score (nSPS) is 27.5. The van der Waals surface area contributed by atoms with E-state index < -0.39 is 23.4 Å². The van der Waals surface area contributed by atoms with Gasteiger partial charge in [0.1, 0.15) is 11.9 Å². The fourth-order valence-electron chi connectivity index (χ4n) is 4.95. The summed E-state index contributed by atoms with van der Waals surface area (Å²) in [5.41, 5.74) is -0.863. The predicted molar refractivity (Wildman–Crippen MR) is 152 cm³/mol. The number of cyclic esters (lactones) is 1. The van der Waals surface area contributed by atoms with Crippen LogP contribution in [0.2, 0.25) is 0 Å². The summed E-state index contributed by atoms with van der Waals surface area (Å²) >= 11 is 0. The van der Waals surface area contributed by atoms with Gasteiger partial charge in [0, 0.05) is 30.4 Å². The number of esters is 1. The maximum absolute atomic E-state index is 13.0. The van der Waals surface area contributed by atoms with E-state index >= 15 is 0 Å². The first-order valence-electron chi connectivity index (χ1n) is 15.0. The van der Waals surface area contributed by atoms with Crippen molar-refractivity contribution in [1.29, 1.82) is 0 Å². The highest BCUT2D eigenvalue weighted by Crippen LogP contribution is 2.28. The second kappa shape index (κ2) is 19.6. The molecule has 0 aromatic carbocycles. The van der Waals surface area contributed by atoms with E-state index in [0.717, 1.165) is 25.7 Å². The Kier molecular flexibility index (Phi) is 17.8. The number of aliphatic hydroxyl groups excluding tert-OH is 1. The average Bonchev–Trinajstić information content (AvgIpc) is 2.87. The molecule has 214 valence electrons. The number of hydrogen-bond donors (Lipinski definition) is 1. The van der Waals surface area contributed by atoms with E-state index in [4.69, 9.17) is 9.47 Å². The van der Waals surface area contributed by atoms with Gasteiger partial charge in [-0.05, 0) is 45.4 Å². The zero-order valence-corrected chi connectivity index (χ0v) is 24.5. The van der Waals surface area contributed by atoms with Crippen LogP contribution in [-0.2, 0) is 19.1 Å². The lowest BCUT2D eigenvalue weighted by molar-refractivity contribution is -0.145. The first-order valence-corrected chi connectivity index (χ1v) is 15.0. The lowest BCUT2D eigenvalue weighted by Gasteiger charge is -2.29. The molecule has 0 spiro atoms. The third kappa shape index (κ3) is 14.9. The molecular formula is C32H56O5. The fraction of sp³-hybridized carbons (Fsp3) is 0.812. The number of allylic oxidation sites excluding steroid dienone is 2. The SMILES string of the molecule is CCCCCCCCCCCCOCC1C/C=C/CCCC(C)C(O)C(C)C(=O)C(C)(C)/C=C/C(=O)O1. The lowest BCUT2D eigenvalue weighted by atomic mass is 9.76. The molecule has 0 bridgehead atoms. The van der Waals surface area contributed by atoms with Gasteiger partial charge in [-0.25, -0.2) is 4.79 Å². The highest BCUT2D eigenvalue weighted by Gasteiger charge is 2.35. The number of carbonyl (C=O) groups excluding carboxylic acids is 2. The van der Waals surface area contributed by atoms with Crippen LogP contribution in [0.5, 0.6) is 0 Å². The van der Waals surface area contributed by atoms with Gasteiger partial charge in [0.2, 0.25) is 0 Å². The Bertz CT molecular complexity index is 681. The van der Waals surface area contributed by atoms with E-state index in [1.165, 1.54) is 63.9 Å². The minimum absolute atomic E-state index is 0.0388. The molecule has 0 aromatic rings. The first-order chi connectivity index (χ1) is 17.7. The molecule has 4 atom stereocenters. The molecule has 0 fully saturated rings. The summed E-state index contributed by atoms with van der Waals surface area (Å²) in [5.74, 6) is -0.993. The number of unbranched alkanes of at least 4 members (excludes halogenated alkanes) is 9. The molecule has 0 amide bonds. The molecular weight excluding hydrogens is 464 g/mol. The summed E-state index contributed by atoms with van der Waals surface area (Å²) in [6.45, 7) is 10.7. The van der Waals surface area contributed by atoms with Gasteiger partial charge in [-0.1, -0.05) is 96.8 Å². The molecule has 1 aliphatic heterocycles. The third-order valence-corrected chi connectivity index (χ3v) is 7.60. The Balaban J connectivity index is 2.52. The number of Topliss-reactive ketones (excluding diaryl/α,β-unsaturated/α-hetero) is 1. The maximum Gasteiger partial charge on any atom is 0.330 e. The van der Waals surface area contributed by atoms with Crippen molar-refractivity contribution in [3.05, 3.63) is 24.3 Å². The summed E-state index contributed by atoms with van der Waals surface area (Å²) in [5, 5.41) is 10.7. The van der Waals surface area contributed by atoms with E-state index in [1.807, 2.05) is 6.92 Å². The molecule has 1 N–H and O–H groups in total. The molecule has 0 radical (unpaired) electrons. The van der Waals surface area contributed by atoms with Crippen molar-refractivity contribution < 1.29 is 24.2 Å². The Morgan fingerprint density at radius 3 is 2.24 bits per heavy atom. The predicted octanol–water partition coefficient (Wildman–Crippen LogP) is 7.75. The second-order valence-corrected chi connectivity index (χ2v) is 11.6. The molecule has 37 heavy (non-hydrogen) atoms. The van der Waals surface area contributed by atoms with Crippen LogP contribution in [0.25, 0.3) is 0 Å². The number of hydrogen-bond acceptors (Lipinski definition) is 5. The van der Waals surface area contributed by atoms with Crippen molar-refractivity contribution in [1.82, 2.24) is 0 Å². The standard InChI is InChI=1S/C32H56O5/c1-6-7-8-9-10-11-12-13-16-19-24-36-25-28-21-18-15-14-17-20-26(2)30(34)27(3)31(35)32(4,5)23-22-29(33)37-28/h15,18,22-23,26-28,30,34H,6-14,16-17,19-21,24-25H2,1-5H3/b18-15+,23-22+. The van der Waals surface area contributed by atoms with Crippen molar-refractivity contribution in [3.8, 4) is 0 Å². The molecule has 0 saturated heterocycles. The first kappa shape index (κ1) is 33.6. The molecule has 0 aromatic heterocycles. The Labute approximate surface area is 227 Å². The molecule has 1 rings (SSSR count). The summed E-state index contributed by atoms with van der Waals surface area (Å²) < 4.78 is 11.6. The minimum atomic E-state index is -0.863. The molecule has 1 aliphatic rings. The van der Waals surface area contributed by atoms with E-state index in [2.05, 4.69) is 19.1 Å². The van der Waals surface area contributed by atoms with Crippen molar-refractivity contribution in [3.63, 3.8) is 0 Å². The third-order valence-electron chi connectivity index (χ3n) is 7.60. The van der Waals surface area contributed by atoms with Crippen molar-refractivity contribution in [2.45, 2.75) is 137 Å². The van der Waals surface area contributed by atoms with Crippen molar-refractivity contribution in [2.75, 3.05) is 13.2 Å². The fourth-order valence-corrected chi connectivity index (χ4v) is 4.95. The number of ketones is 1. The van der Waals surface area contributed by atoms with Crippen LogP contribution in [0.3, 0.4) is 0 Å². The van der Waals surface area contributed by atoms with Crippen LogP contribution < -0.4 is 0 Å². The largest absolute Gasteiger partial charge is 0.456 e. The monoisotopic (exact) mass is 520 g/mol. The highest BCUT2D eigenvalue weighted by atomic mass is 16.6. The molecule has 4 unspecified atom stereocenters. The van der Waals surface area contributed by atoms with Gasteiger partial charge < -0.3 is 14.6 Å². The van der Waals surface area contributed by atoms with Gasteiger partial charge in [-0.3, -0.25) is 4.79 Å². The van der Waals surface area contributed by atoms with Gasteiger partial charge in [-0.15, -0.1) is 0 Å². The van der Waals surface area contributed by atoms with E-state index in [0.29, 0.717) is 19.6 Å². The molecule has 0 aliphatic carbocycles. The highest BCUT2D eigenvalue weighted by molar-refractivity contribution is 5.90. The number of aliphatic hydroxyl groups is 1. The quantitative estimate of drug-likeness (QED) is 0.153. The summed E-state index contributed by atoms with van der Waals surface area (Å²) in [7, 11) is 0. The van der Waals surface area contributed by atoms with Gasteiger partial charge in [0.05, 0.1) is 12.7 Å². The van der Waals surface area contributed by atoms with Crippen molar-refractivity contribution in [2.24, 2.45) is 17.3 Å². The van der Waals surface area contributed by atoms with Crippen LogP contribution in [-0.4, -0.2) is 42.3 Å². The summed E-state index contributed by atoms with van der Waals surface area (Å²) in [6.07, 6.45) is 22.3. The number of rotatable bonds is 13. The van der Waals surface area contributed by atoms with E-state index in [9.17, 15) is 14.7 Å². The lowest BCUT2D eigenvalue weighted by Crippen LogP contribution is -2.38. The van der Waals surface area contributed by atoms with Gasteiger partial charge in [0.15, 0.2) is 0 Å². The van der Waals surface area contributed by atoms with Crippen LogP contribution >= 0.6 is 0 Å². The zero-order chi connectivity index (χ0) is 27.5. The zero-order valence-electron chi connectivity index (χ0n) is 24.5. The molecule has 1 heterocycles. The Morgan fingerprint density at radius 1 is 0.973 bits per heavy atom. The van der Waals surface area contributed by atoms with Gasteiger partial charge in [-0.2, -0.15) is 0 Å². The van der Waals surface area contributed by atoms with Gasteiger partial charge >= 0.3 is 5.97 Å². The summed E-state index contributed by atoms with van der Waals surface area (Å²) in [6, 6.07) is 0. The second-order valence-electron chi connectivity index (χ2n) is 11.6. The van der Waals surface area contributed by atoms with Crippen molar-refractivity contribution >= 4 is 11.8 Å². The van der Waals surface area contributed by atoms with Crippen LogP contribution in [0.1, 0.15) is 125 Å². The number of carbonyl (C=O) groups is 2. The molecule has 5 heteroatoms. The van der Waals surface area contributed by atoms with Gasteiger partial charge in [0.25, 0.3) is 0 Å². The number of ether oxygens (including phenoxy) is 2. The topological polar surface area (TPSA) is 72.8 Å². The molecule has 5 nitrogen and oxygen atoms in total. The van der Waals surface area contributed by atoms with Crippen LogP contribution in [0, 0.1) is 17.3 Å². The smallest absolute Gasteiger partial charge is 0.330 e. The maximum atomic E-state index is 13.0. The van der Waals surface area contributed by atoms with Crippen LogP contribution in [0.15, 0.2) is 24.3 Å². The Morgan fingerprint density at radius 2 is 1.59 bits per heavy atom. The summed E-state index contributed by atoms with van der Waals surface area (Å²) in [4.78, 5) is 25.6. The van der Waals surface area contributed by atoms with E-state index in [-0.39, 0.29) is 17.8 Å². The average molecular weight is 521 g/mol. The van der Waals surface area contributed by atoms with E-state index in [1.54, 1.807) is 26.8 Å². The molecule has 0 saturated carbocycles.